The number of esters is 1. The SMILES string of the molecule is COC(=O)[C@@H]1C[C@@H](CC2CC2)C(=O)N1C(=O)OC(C)(C)C. The molecule has 0 aromatic heterocycles. The average Bonchev–Trinajstić information content (AvgIpc) is 3.11. The fraction of sp³-hybridized carbons (Fsp3) is 0.800. The number of nitrogens with zero attached hydrogens (tertiary/aromatic N) is 1. The van der Waals surface area contributed by atoms with Crippen molar-refractivity contribution < 1.29 is 23.9 Å². The third-order valence-corrected chi connectivity index (χ3v) is 3.78. The summed E-state index contributed by atoms with van der Waals surface area (Å²) in [6.07, 6.45) is 2.56. The highest BCUT2D eigenvalue weighted by atomic mass is 16.6. The molecule has 2 aliphatic rings. The van der Waals surface area contributed by atoms with Gasteiger partial charge in [-0.1, -0.05) is 12.8 Å². The molecule has 1 saturated carbocycles. The first-order chi connectivity index (χ1) is 9.73. The number of hydrogen-bond acceptors (Lipinski definition) is 5. The molecule has 1 aliphatic carbocycles. The smallest absolute Gasteiger partial charge is 0.417 e. The van der Waals surface area contributed by atoms with Gasteiger partial charge in [0.1, 0.15) is 11.6 Å². The summed E-state index contributed by atoms with van der Waals surface area (Å²) < 4.78 is 9.97. The van der Waals surface area contributed by atoms with Crippen LogP contribution in [-0.2, 0) is 19.1 Å². The zero-order chi connectivity index (χ0) is 15.8. The monoisotopic (exact) mass is 297 g/mol. The summed E-state index contributed by atoms with van der Waals surface area (Å²) in [7, 11) is 1.26. The van der Waals surface area contributed by atoms with E-state index in [1.54, 1.807) is 20.8 Å². The van der Waals surface area contributed by atoms with Crippen LogP contribution in [0.15, 0.2) is 0 Å². The van der Waals surface area contributed by atoms with Crippen LogP contribution >= 0.6 is 0 Å². The van der Waals surface area contributed by atoms with Crippen LogP contribution in [-0.4, -0.2) is 41.6 Å². The molecule has 0 spiro atoms. The van der Waals surface area contributed by atoms with Crippen LogP contribution in [0.2, 0.25) is 0 Å². The first-order valence-corrected chi connectivity index (χ1v) is 7.37. The van der Waals surface area contributed by atoms with E-state index in [0.29, 0.717) is 12.3 Å². The van der Waals surface area contributed by atoms with Crippen molar-refractivity contribution >= 4 is 18.0 Å². The molecule has 2 rings (SSSR count). The van der Waals surface area contributed by atoms with Gasteiger partial charge < -0.3 is 9.47 Å². The molecule has 6 nitrogen and oxygen atoms in total. The first kappa shape index (κ1) is 15.8. The van der Waals surface area contributed by atoms with E-state index in [1.165, 1.54) is 7.11 Å². The van der Waals surface area contributed by atoms with Gasteiger partial charge in [0.15, 0.2) is 0 Å². The number of imide groups is 1. The Hall–Kier alpha value is -1.59. The lowest BCUT2D eigenvalue weighted by Gasteiger charge is -2.26. The topological polar surface area (TPSA) is 72.9 Å². The van der Waals surface area contributed by atoms with Gasteiger partial charge in [-0.15, -0.1) is 0 Å². The number of carbonyl (C=O) groups is 3. The van der Waals surface area contributed by atoms with E-state index in [4.69, 9.17) is 9.47 Å². The fourth-order valence-electron chi connectivity index (χ4n) is 2.64. The minimum atomic E-state index is -0.860. The van der Waals surface area contributed by atoms with Gasteiger partial charge in [-0.25, -0.2) is 14.5 Å². The standard InChI is InChI=1S/C15H23NO5/c1-15(2,3)21-14(19)16-11(13(18)20-4)8-10(12(16)17)7-9-5-6-9/h9-11H,5-8H2,1-4H3/t10-,11+/m1/s1. The van der Waals surface area contributed by atoms with Gasteiger partial charge in [0.25, 0.3) is 0 Å². The van der Waals surface area contributed by atoms with Crippen molar-refractivity contribution in [3.63, 3.8) is 0 Å². The summed E-state index contributed by atoms with van der Waals surface area (Å²) in [6.45, 7) is 5.17. The number of ether oxygens (including phenoxy) is 2. The number of amides is 2. The van der Waals surface area contributed by atoms with Crippen LogP contribution < -0.4 is 0 Å². The average molecular weight is 297 g/mol. The van der Waals surface area contributed by atoms with E-state index in [0.717, 1.165) is 24.2 Å². The molecule has 0 unspecified atom stereocenters. The number of carbonyl (C=O) groups excluding carboxylic acids is 3. The van der Waals surface area contributed by atoms with Crippen molar-refractivity contribution in [2.45, 2.75) is 58.1 Å². The predicted molar refractivity (Wildman–Crippen MR) is 74.3 cm³/mol. The highest BCUT2D eigenvalue weighted by Crippen LogP contribution is 2.40. The van der Waals surface area contributed by atoms with Crippen molar-refractivity contribution in [1.82, 2.24) is 4.90 Å². The lowest BCUT2D eigenvalue weighted by atomic mass is 9.98. The number of rotatable bonds is 3. The van der Waals surface area contributed by atoms with Crippen molar-refractivity contribution in [1.29, 1.82) is 0 Å². The molecular formula is C15H23NO5. The zero-order valence-electron chi connectivity index (χ0n) is 13.0. The lowest BCUT2D eigenvalue weighted by molar-refractivity contribution is -0.148. The highest BCUT2D eigenvalue weighted by molar-refractivity contribution is 6.00. The molecular weight excluding hydrogens is 274 g/mol. The van der Waals surface area contributed by atoms with E-state index in [1.807, 2.05) is 0 Å². The molecule has 2 atom stereocenters. The van der Waals surface area contributed by atoms with Gasteiger partial charge in [-0.05, 0) is 39.5 Å². The molecule has 118 valence electrons. The molecule has 1 aliphatic heterocycles. The Morgan fingerprint density at radius 3 is 2.38 bits per heavy atom. The van der Waals surface area contributed by atoms with Crippen molar-refractivity contribution in [2.75, 3.05) is 7.11 Å². The van der Waals surface area contributed by atoms with Crippen LogP contribution in [0.4, 0.5) is 4.79 Å². The molecule has 21 heavy (non-hydrogen) atoms. The second-order valence-corrected chi connectivity index (χ2v) is 6.84. The fourth-order valence-corrected chi connectivity index (χ4v) is 2.64. The summed E-state index contributed by atoms with van der Waals surface area (Å²) in [6, 6.07) is -0.860. The van der Waals surface area contributed by atoms with Crippen LogP contribution in [0.25, 0.3) is 0 Å². The molecule has 1 saturated heterocycles. The molecule has 1 heterocycles. The van der Waals surface area contributed by atoms with Crippen LogP contribution in [0, 0.1) is 11.8 Å². The Bertz CT molecular complexity index is 449. The van der Waals surface area contributed by atoms with Crippen molar-refractivity contribution in [3.8, 4) is 0 Å². The summed E-state index contributed by atoms with van der Waals surface area (Å²) in [4.78, 5) is 37.5. The van der Waals surface area contributed by atoms with E-state index in [9.17, 15) is 14.4 Å². The molecule has 0 aromatic carbocycles. The third-order valence-electron chi connectivity index (χ3n) is 3.78. The molecule has 2 fully saturated rings. The Kier molecular flexibility index (Phi) is 4.25. The molecule has 0 bridgehead atoms. The Balaban J connectivity index is 2.14. The van der Waals surface area contributed by atoms with E-state index in [-0.39, 0.29) is 11.8 Å². The van der Waals surface area contributed by atoms with Crippen LogP contribution in [0.5, 0.6) is 0 Å². The predicted octanol–water partition coefficient (Wildman–Crippen LogP) is 2.11. The van der Waals surface area contributed by atoms with Crippen LogP contribution in [0.3, 0.4) is 0 Å². The number of hydrogen-bond donors (Lipinski definition) is 0. The molecule has 6 heteroatoms. The Morgan fingerprint density at radius 1 is 1.29 bits per heavy atom. The Labute approximate surface area is 124 Å². The Morgan fingerprint density at radius 2 is 1.90 bits per heavy atom. The van der Waals surface area contributed by atoms with Gasteiger partial charge in [-0.2, -0.15) is 0 Å². The normalized spacial score (nSPS) is 25.9. The molecule has 0 N–H and O–H groups in total. The minimum Gasteiger partial charge on any atom is -0.467 e. The van der Waals surface area contributed by atoms with E-state index >= 15 is 0 Å². The second-order valence-electron chi connectivity index (χ2n) is 6.84. The third kappa shape index (κ3) is 3.74. The lowest BCUT2D eigenvalue weighted by Crippen LogP contribution is -2.46. The quantitative estimate of drug-likeness (QED) is 0.746. The maximum absolute atomic E-state index is 12.4. The summed E-state index contributed by atoms with van der Waals surface area (Å²) >= 11 is 0. The highest BCUT2D eigenvalue weighted by Gasteiger charge is 2.49. The summed E-state index contributed by atoms with van der Waals surface area (Å²) in [5, 5.41) is 0. The number of likely N-dealkylation sites (tertiary alicyclic amines) is 1. The minimum absolute atomic E-state index is 0.283. The zero-order valence-corrected chi connectivity index (χ0v) is 13.0. The maximum Gasteiger partial charge on any atom is 0.417 e. The molecule has 0 radical (unpaired) electrons. The largest absolute Gasteiger partial charge is 0.467 e. The maximum atomic E-state index is 12.4. The molecule has 2 amide bonds. The van der Waals surface area contributed by atoms with E-state index in [2.05, 4.69) is 0 Å². The van der Waals surface area contributed by atoms with E-state index < -0.39 is 23.7 Å². The summed E-state index contributed by atoms with van der Waals surface area (Å²) in [5.74, 6) is -0.607. The van der Waals surface area contributed by atoms with Crippen molar-refractivity contribution in [2.24, 2.45) is 11.8 Å². The van der Waals surface area contributed by atoms with Crippen LogP contribution in [0.1, 0.15) is 46.5 Å². The van der Waals surface area contributed by atoms with Gasteiger partial charge in [0.2, 0.25) is 5.91 Å². The van der Waals surface area contributed by atoms with Crippen molar-refractivity contribution in [3.05, 3.63) is 0 Å². The van der Waals surface area contributed by atoms with Gasteiger partial charge >= 0.3 is 12.1 Å². The molecule has 0 aromatic rings. The second kappa shape index (κ2) is 5.66. The number of methoxy groups -OCH3 is 1. The first-order valence-electron chi connectivity index (χ1n) is 7.37. The van der Waals surface area contributed by atoms with Gasteiger partial charge in [0.05, 0.1) is 7.11 Å². The summed E-state index contributed by atoms with van der Waals surface area (Å²) in [5.41, 5.74) is -0.716. The van der Waals surface area contributed by atoms with Gasteiger partial charge in [-0.3, -0.25) is 4.79 Å². The van der Waals surface area contributed by atoms with Gasteiger partial charge in [0, 0.05) is 5.92 Å².